The molecular weight excluding hydrogens is 901 g/mol. The van der Waals surface area contributed by atoms with Crippen molar-refractivity contribution in [2.24, 2.45) is 22.2 Å². The van der Waals surface area contributed by atoms with E-state index in [-0.39, 0.29) is 75.8 Å². The summed E-state index contributed by atoms with van der Waals surface area (Å²) >= 11 is 6.15. The van der Waals surface area contributed by atoms with E-state index in [4.69, 9.17) is 44.3 Å². The van der Waals surface area contributed by atoms with Crippen LogP contribution in [-0.4, -0.2) is 80.1 Å². The zero-order valence-corrected chi connectivity index (χ0v) is 37.6. The molecule has 10 N–H and O–H groups in total. The SMILES string of the molecule is N=C(N)SC(N)=NCc1ccc2c(-c3cccc(C(N)=S)c3)cn(C3CCN(S(=O)(=O)CCCNC(=O)c4ccc5c(c4)C(=O)OC54c5ccc(O)cc5Oc5cc(O)ccc54)CC3)c2c1. The molecule has 0 aliphatic carbocycles. The van der Waals surface area contributed by atoms with E-state index in [0.717, 1.165) is 44.9 Å². The monoisotopic (exact) mass is 944 g/mol. The van der Waals surface area contributed by atoms with Crippen molar-refractivity contribution in [3.63, 3.8) is 0 Å². The quantitative estimate of drug-likeness (QED) is 0.0253. The summed E-state index contributed by atoms with van der Waals surface area (Å²) in [7, 11) is -3.67. The molecule has 3 aliphatic rings. The van der Waals surface area contributed by atoms with Gasteiger partial charge >= 0.3 is 5.97 Å². The maximum atomic E-state index is 13.6. The van der Waals surface area contributed by atoms with Crippen LogP contribution >= 0.6 is 24.0 Å². The van der Waals surface area contributed by atoms with Crippen LogP contribution in [0.5, 0.6) is 23.0 Å². The Hall–Kier alpha value is -6.93. The fraction of sp³-hybridized carbons (Fsp3) is 0.213. The van der Waals surface area contributed by atoms with E-state index in [1.165, 1.54) is 34.6 Å². The number of aromatic hydroxyl groups is 2. The van der Waals surface area contributed by atoms with Crippen LogP contribution < -0.4 is 27.3 Å². The number of phenols is 2. The molecule has 5 aromatic carbocycles. The Morgan fingerprint density at radius 2 is 1.59 bits per heavy atom. The van der Waals surface area contributed by atoms with Crippen LogP contribution in [0.4, 0.5) is 0 Å². The third-order valence-corrected chi connectivity index (χ3v) is 14.8. The molecule has 6 aromatic rings. The van der Waals surface area contributed by atoms with E-state index < -0.39 is 27.5 Å². The van der Waals surface area contributed by atoms with Gasteiger partial charge in [0, 0.05) is 88.3 Å². The highest BCUT2D eigenvalue weighted by molar-refractivity contribution is 8.26. The number of thiocarbonyl (C=S) groups is 1. The summed E-state index contributed by atoms with van der Waals surface area (Å²) in [4.78, 5) is 31.6. The Labute approximate surface area is 389 Å². The molecule has 3 aliphatic heterocycles. The Morgan fingerprint density at radius 3 is 2.27 bits per heavy atom. The number of fused-ring (bicyclic) bond motifs is 7. The van der Waals surface area contributed by atoms with Crippen molar-refractivity contribution in [1.29, 1.82) is 5.41 Å². The molecule has 0 atom stereocenters. The molecule has 9 rings (SSSR count). The van der Waals surface area contributed by atoms with Crippen LogP contribution in [0.3, 0.4) is 0 Å². The predicted octanol–water partition coefficient (Wildman–Crippen LogP) is 6.15. The number of benzene rings is 5. The molecule has 338 valence electrons. The number of sulfonamides is 1. The van der Waals surface area contributed by atoms with Crippen LogP contribution in [-0.2, 0) is 26.9 Å². The zero-order chi connectivity index (χ0) is 46.5. The summed E-state index contributed by atoms with van der Waals surface area (Å²) in [6.07, 6.45) is 3.38. The first kappa shape index (κ1) is 44.3. The first-order chi connectivity index (χ1) is 31.6. The van der Waals surface area contributed by atoms with Crippen molar-refractivity contribution in [3.05, 3.63) is 142 Å². The number of phenolic OH excluding ortho intramolecular Hbond substituents is 2. The predicted molar refractivity (Wildman–Crippen MR) is 257 cm³/mol. The van der Waals surface area contributed by atoms with Gasteiger partial charge in [-0.15, -0.1) is 0 Å². The lowest BCUT2D eigenvalue weighted by Crippen LogP contribution is -2.40. The molecule has 1 spiro atoms. The van der Waals surface area contributed by atoms with Gasteiger partial charge in [-0.2, -0.15) is 0 Å². The maximum absolute atomic E-state index is 13.6. The number of amidine groups is 2. The third-order valence-electron chi connectivity index (χ3n) is 12.1. The van der Waals surface area contributed by atoms with E-state index >= 15 is 0 Å². The van der Waals surface area contributed by atoms with Gasteiger partial charge in [-0.3, -0.25) is 15.2 Å². The van der Waals surface area contributed by atoms with Crippen molar-refractivity contribution >= 4 is 72.1 Å². The summed E-state index contributed by atoms with van der Waals surface area (Å²) < 4.78 is 43.1. The average Bonchev–Trinajstić information content (AvgIpc) is 3.81. The standard InChI is InChI=1S/C47H44N8O8S3/c48-42(64)28-4-1-3-27(20-28)35-25-55(39-19-26(5-9-33(35)39)24-53-46(51)65-45(49)50)30-13-16-54(17-14-30)66(60,61)18-2-15-52-43(58)29-6-10-36-34(21-29)44(59)63-47(36)37-11-7-31(56)22-40(37)62-41-23-32(57)8-12-38(41)47/h1,3-12,19-23,25,30,56-57H,2,13-18,24H2,(H2,48,64)(H3,49,50)(H2,51,53)(H,52,58). The molecule has 0 unspecified atom stereocenters. The lowest BCUT2D eigenvalue weighted by atomic mass is 9.77. The van der Waals surface area contributed by atoms with Gasteiger partial charge in [0.1, 0.15) is 28.0 Å². The Kier molecular flexibility index (Phi) is 11.7. The minimum absolute atomic E-state index is 0.0138. The highest BCUT2D eigenvalue weighted by atomic mass is 32.2. The molecule has 1 saturated heterocycles. The van der Waals surface area contributed by atoms with Gasteiger partial charge in [-0.25, -0.2) is 17.5 Å². The van der Waals surface area contributed by atoms with E-state index in [0.29, 0.717) is 47.6 Å². The number of hydrogen-bond donors (Lipinski definition) is 7. The number of rotatable bonds is 11. The highest BCUT2D eigenvalue weighted by Gasteiger charge is 2.54. The molecular formula is C47H44N8O8S3. The summed E-state index contributed by atoms with van der Waals surface area (Å²) in [5, 5.41) is 31.7. The van der Waals surface area contributed by atoms with E-state index in [2.05, 4.69) is 27.1 Å². The van der Waals surface area contributed by atoms with Crippen molar-refractivity contribution in [1.82, 2.24) is 14.2 Å². The van der Waals surface area contributed by atoms with Crippen molar-refractivity contribution in [2.75, 3.05) is 25.4 Å². The van der Waals surface area contributed by atoms with Gasteiger partial charge in [0.05, 0.1) is 17.9 Å². The van der Waals surface area contributed by atoms with Gasteiger partial charge in [0.2, 0.25) is 10.0 Å². The van der Waals surface area contributed by atoms with Crippen molar-refractivity contribution in [3.8, 4) is 34.1 Å². The molecule has 19 heteroatoms. The number of thioether (sulfide) groups is 1. The molecule has 16 nitrogen and oxygen atoms in total. The number of piperidine rings is 1. The van der Waals surface area contributed by atoms with Gasteiger partial charge in [0.25, 0.3) is 5.91 Å². The molecule has 1 fully saturated rings. The van der Waals surface area contributed by atoms with Crippen molar-refractivity contribution in [2.45, 2.75) is 37.5 Å². The number of aliphatic imine (C=N–C) groups is 1. The first-order valence-electron chi connectivity index (χ1n) is 21.0. The first-order valence-corrected chi connectivity index (χ1v) is 23.8. The van der Waals surface area contributed by atoms with E-state index in [9.17, 15) is 28.2 Å². The largest absolute Gasteiger partial charge is 0.508 e. The Bertz CT molecular complexity index is 3090. The second kappa shape index (κ2) is 17.5. The fourth-order valence-corrected chi connectivity index (χ4v) is 11.0. The topological polar surface area (TPSA) is 262 Å². The number of nitrogens with one attached hydrogen (secondary N) is 2. The number of aromatic nitrogens is 1. The van der Waals surface area contributed by atoms with Gasteiger partial charge in [-0.1, -0.05) is 48.6 Å². The maximum Gasteiger partial charge on any atom is 0.340 e. The molecule has 0 radical (unpaired) electrons. The lowest BCUT2D eigenvalue weighted by molar-refractivity contribution is 0.0224. The number of carbonyl (C=O) groups is 2. The number of nitrogens with zero attached hydrogens (tertiary/aromatic N) is 3. The van der Waals surface area contributed by atoms with E-state index in [1.54, 1.807) is 24.3 Å². The van der Waals surface area contributed by atoms with Crippen LogP contribution in [0.15, 0.2) is 108 Å². The van der Waals surface area contributed by atoms with Crippen LogP contribution in [0.25, 0.3) is 22.0 Å². The van der Waals surface area contributed by atoms with E-state index in [1.807, 2.05) is 36.4 Å². The number of nitrogens with two attached hydrogens (primary N) is 3. The molecule has 4 heterocycles. The van der Waals surface area contributed by atoms with Gasteiger partial charge in [-0.05, 0) is 90.7 Å². The second-order valence-corrected chi connectivity index (χ2v) is 19.8. The fourth-order valence-electron chi connectivity index (χ4n) is 9.01. The summed E-state index contributed by atoms with van der Waals surface area (Å²) in [6, 6.07) is 27.4. The van der Waals surface area contributed by atoms with Crippen molar-refractivity contribution < 1.29 is 37.7 Å². The number of esters is 1. The lowest BCUT2D eigenvalue weighted by Gasteiger charge is -2.36. The molecule has 1 amide bonds. The minimum atomic E-state index is -3.67. The summed E-state index contributed by atoms with van der Waals surface area (Å²) in [5.74, 6) is -0.999. The number of amides is 1. The molecule has 66 heavy (non-hydrogen) atoms. The summed E-state index contributed by atoms with van der Waals surface area (Å²) in [6.45, 7) is 0.972. The number of ether oxygens (including phenoxy) is 2. The normalized spacial score (nSPS) is 15.7. The van der Waals surface area contributed by atoms with Crippen LogP contribution in [0.1, 0.15) is 73.8 Å². The average molecular weight is 945 g/mol. The second-order valence-electron chi connectivity index (χ2n) is 16.2. The highest BCUT2D eigenvalue weighted by Crippen LogP contribution is 2.57. The molecule has 1 aromatic heterocycles. The Balaban J connectivity index is 0.860. The summed E-state index contributed by atoms with van der Waals surface area (Å²) in [5.41, 5.74) is 22.2. The van der Waals surface area contributed by atoms with Gasteiger partial charge < -0.3 is 46.8 Å². The van der Waals surface area contributed by atoms with Gasteiger partial charge in [0.15, 0.2) is 15.9 Å². The third kappa shape index (κ3) is 8.30. The molecule has 0 saturated carbocycles. The molecule has 0 bridgehead atoms. The number of hydrogen-bond acceptors (Lipinski definition) is 12. The smallest absolute Gasteiger partial charge is 0.340 e. The van der Waals surface area contributed by atoms with Crippen LogP contribution in [0.2, 0.25) is 0 Å². The minimum Gasteiger partial charge on any atom is -0.508 e. The Morgan fingerprint density at radius 1 is 0.894 bits per heavy atom. The number of carbonyl (C=O) groups excluding carboxylic acids is 2. The zero-order valence-electron chi connectivity index (χ0n) is 35.2. The van der Waals surface area contributed by atoms with Crippen LogP contribution in [0, 0.1) is 5.41 Å².